The predicted octanol–water partition coefficient (Wildman–Crippen LogP) is 1.64. The average molecular weight is 195 g/mol. The summed E-state index contributed by atoms with van der Waals surface area (Å²) in [4.78, 5) is 4.19. The normalized spacial score (nSPS) is 20.5. The standard InChI is InChI=1S/C10H14FN3/c1-6(12)8-4-7(13)5-9(14-8)10(11)2-3-10/h4-6H,2-3,12H2,1H3,(H2,13,14). The summed E-state index contributed by atoms with van der Waals surface area (Å²) in [6.45, 7) is 1.81. The Morgan fingerprint density at radius 1 is 1.50 bits per heavy atom. The molecular formula is C10H14FN3. The Kier molecular flexibility index (Phi) is 1.96. The lowest BCUT2D eigenvalue weighted by Crippen LogP contribution is -2.12. The van der Waals surface area contributed by atoms with Gasteiger partial charge in [0.15, 0.2) is 5.67 Å². The maximum absolute atomic E-state index is 13.7. The zero-order chi connectivity index (χ0) is 10.3. The van der Waals surface area contributed by atoms with Gasteiger partial charge in [0.25, 0.3) is 0 Å². The molecule has 1 fully saturated rings. The minimum absolute atomic E-state index is 0.209. The fourth-order valence-corrected chi connectivity index (χ4v) is 1.40. The summed E-state index contributed by atoms with van der Waals surface area (Å²) in [5.41, 5.74) is 11.7. The van der Waals surface area contributed by atoms with Crippen LogP contribution in [0, 0.1) is 0 Å². The molecule has 1 atom stereocenters. The first-order chi connectivity index (χ1) is 6.51. The van der Waals surface area contributed by atoms with Crippen LogP contribution in [0.3, 0.4) is 0 Å². The molecule has 1 aromatic heterocycles. The summed E-state index contributed by atoms with van der Waals surface area (Å²) in [5, 5.41) is 0. The summed E-state index contributed by atoms with van der Waals surface area (Å²) in [5.74, 6) is 0. The Labute approximate surface area is 82.3 Å². The smallest absolute Gasteiger partial charge is 0.153 e. The van der Waals surface area contributed by atoms with E-state index in [1.165, 1.54) is 0 Å². The van der Waals surface area contributed by atoms with Gasteiger partial charge in [0.05, 0.1) is 11.4 Å². The molecular weight excluding hydrogens is 181 g/mol. The molecule has 0 aliphatic heterocycles. The third-order valence-electron chi connectivity index (χ3n) is 2.48. The fraction of sp³-hybridized carbons (Fsp3) is 0.500. The van der Waals surface area contributed by atoms with Crippen molar-refractivity contribution in [3.05, 3.63) is 23.5 Å². The Balaban J connectivity index is 2.42. The van der Waals surface area contributed by atoms with Crippen molar-refractivity contribution >= 4 is 5.69 Å². The van der Waals surface area contributed by atoms with Gasteiger partial charge in [-0.25, -0.2) is 4.39 Å². The van der Waals surface area contributed by atoms with Gasteiger partial charge in [-0.15, -0.1) is 0 Å². The van der Waals surface area contributed by atoms with Crippen LogP contribution in [0.25, 0.3) is 0 Å². The molecule has 0 saturated heterocycles. The molecule has 1 aliphatic carbocycles. The molecule has 14 heavy (non-hydrogen) atoms. The van der Waals surface area contributed by atoms with E-state index in [4.69, 9.17) is 11.5 Å². The van der Waals surface area contributed by atoms with E-state index in [-0.39, 0.29) is 6.04 Å². The predicted molar refractivity (Wildman–Crippen MR) is 53.3 cm³/mol. The third-order valence-corrected chi connectivity index (χ3v) is 2.48. The number of nitrogen functional groups attached to an aromatic ring is 1. The lowest BCUT2D eigenvalue weighted by molar-refractivity contribution is 0.308. The van der Waals surface area contributed by atoms with Gasteiger partial charge in [-0.2, -0.15) is 0 Å². The van der Waals surface area contributed by atoms with E-state index in [2.05, 4.69) is 4.98 Å². The van der Waals surface area contributed by atoms with E-state index in [0.29, 0.717) is 29.9 Å². The molecule has 4 N–H and O–H groups in total. The van der Waals surface area contributed by atoms with Crippen LogP contribution in [-0.2, 0) is 5.67 Å². The molecule has 0 radical (unpaired) electrons. The second kappa shape index (κ2) is 2.92. The molecule has 0 aromatic carbocycles. The molecule has 1 unspecified atom stereocenters. The first-order valence-corrected chi connectivity index (χ1v) is 4.74. The molecule has 1 saturated carbocycles. The molecule has 2 rings (SSSR count). The highest BCUT2D eigenvalue weighted by atomic mass is 19.1. The van der Waals surface area contributed by atoms with E-state index in [1.54, 1.807) is 12.1 Å². The highest BCUT2D eigenvalue weighted by Gasteiger charge is 2.46. The molecule has 76 valence electrons. The quantitative estimate of drug-likeness (QED) is 0.754. The number of aromatic nitrogens is 1. The van der Waals surface area contributed by atoms with Gasteiger partial charge < -0.3 is 11.5 Å². The highest BCUT2D eigenvalue weighted by Crippen LogP contribution is 2.49. The van der Waals surface area contributed by atoms with Crippen LogP contribution in [0.15, 0.2) is 12.1 Å². The van der Waals surface area contributed by atoms with Crippen LogP contribution in [0.1, 0.15) is 37.2 Å². The van der Waals surface area contributed by atoms with E-state index < -0.39 is 5.67 Å². The van der Waals surface area contributed by atoms with E-state index in [0.717, 1.165) is 0 Å². The molecule has 1 aromatic rings. The lowest BCUT2D eigenvalue weighted by atomic mass is 10.1. The Morgan fingerprint density at radius 2 is 2.14 bits per heavy atom. The number of hydrogen-bond donors (Lipinski definition) is 2. The van der Waals surface area contributed by atoms with Crippen molar-refractivity contribution in [1.29, 1.82) is 0 Å². The van der Waals surface area contributed by atoms with Crippen LogP contribution < -0.4 is 11.5 Å². The number of rotatable bonds is 2. The van der Waals surface area contributed by atoms with E-state index in [1.807, 2.05) is 6.92 Å². The van der Waals surface area contributed by atoms with Crippen molar-refractivity contribution in [2.24, 2.45) is 5.73 Å². The topological polar surface area (TPSA) is 64.9 Å². The molecule has 0 spiro atoms. The second-order valence-corrected chi connectivity index (χ2v) is 3.96. The number of nitrogens with two attached hydrogens (primary N) is 2. The monoisotopic (exact) mass is 195 g/mol. The Hall–Kier alpha value is -1.16. The fourth-order valence-electron chi connectivity index (χ4n) is 1.40. The van der Waals surface area contributed by atoms with E-state index >= 15 is 0 Å². The molecule has 1 aliphatic rings. The van der Waals surface area contributed by atoms with Gasteiger partial charge in [0.1, 0.15) is 0 Å². The number of pyridine rings is 1. The van der Waals surface area contributed by atoms with Gasteiger partial charge in [-0.1, -0.05) is 0 Å². The maximum atomic E-state index is 13.7. The molecule has 4 heteroatoms. The molecule has 0 amide bonds. The number of nitrogens with zero attached hydrogens (tertiary/aromatic N) is 1. The Morgan fingerprint density at radius 3 is 2.64 bits per heavy atom. The zero-order valence-electron chi connectivity index (χ0n) is 8.13. The minimum Gasteiger partial charge on any atom is -0.399 e. The van der Waals surface area contributed by atoms with Crippen molar-refractivity contribution in [3.63, 3.8) is 0 Å². The summed E-state index contributed by atoms with van der Waals surface area (Å²) >= 11 is 0. The van der Waals surface area contributed by atoms with Crippen molar-refractivity contribution in [1.82, 2.24) is 4.98 Å². The summed E-state index contributed by atoms with van der Waals surface area (Å²) in [6.07, 6.45) is 1.09. The van der Waals surface area contributed by atoms with Gasteiger partial charge in [-0.05, 0) is 31.9 Å². The van der Waals surface area contributed by atoms with Gasteiger partial charge >= 0.3 is 0 Å². The van der Waals surface area contributed by atoms with Crippen LogP contribution in [0.5, 0.6) is 0 Å². The summed E-state index contributed by atoms with van der Waals surface area (Å²) in [7, 11) is 0. The van der Waals surface area contributed by atoms with Gasteiger partial charge in [0.2, 0.25) is 0 Å². The molecule has 1 heterocycles. The average Bonchev–Trinajstić information content (AvgIpc) is 2.84. The van der Waals surface area contributed by atoms with Crippen LogP contribution in [-0.4, -0.2) is 4.98 Å². The van der Waals surface area contributed by atoms with Crippen LogP contribution >= 0.6 is 0 Å². The number of alkyl halides is 1. The number of anilines is 1. The van der Waals surface area contributed by atoms with E-state index in [9.17, 15) is 4.39 Å². The molecule has 3 nitrogen and oxygen atoms in total. The first kappa shape index (κ1) is 9.40. The minimum atomic E-state index is -1.24. The summed E-state index contributed by atoms with van der Waals surface area (Å²) < 4.78 is 13.7. The maximum Gasteiger partial charge on any atom is 0.153 e. The van der Waals surface area contributed by atoms with Gasteiger partial charge in [-0.3, -0.25) is 4.98 Å². The van der Waals surface area contributed by atoms with Crippen molar-refractivity contribution in [2.75, 3.05) is 5.73 Å². The second-order valence-electron chi connectivity index (χ2n) is 3.96. The van der Waals surface area contributed by atoms with Crippen molar-refractivity contribution in [3.8, 4) is 0 Å². The SMILES string of the molecule is CC(N)c1cc(N)cc(C2(F)CC2)n1. The Bertz CT molecular complexity index is 358. The molecule has 0 bridgehead atoms. The summed E-state index contributed by atoms with van der Waals surface area (Å²) in [6, 6.07) is 3.08. The van der Waals surface area contributed by atoms with Crippen LogP contribution in [0.4, 0.5) is 10.1 Å². The van der Waals surface area contributed by atoms with Crippen LogP contribution in [0.2, 0.25) is 0 Å². The lowest BCUT2D eigenvalue weighted by Gasteiger charge is -2.10. The van der Waals surface area contributed by atoms with Gasteiger partial charge in [0, 0.05) is 11.7 Å². The largest absolute Gasteiger partial charge is 0.399 e. The van der Waals surface area contributed by atoms with Crippen molar-refractivity contribution in [2.45, 2.75) is 31.5 Å². The third kappa shape index (κ3) is 1.57. The first-order valence-electron chi connectivity index (χ1n) is 4.74. The zero-order valence-corrected chi connectivity index (χ0v) is 8.13. The number of halogens is 1. The highest BCUT2D eigenvalue weighted by molar-refractivity contribution is 5.43. The number of hydrogen-bond acceptors (Lipinski definition) is 3. The van der Waals surface area contributed by atoms with Crippen molar-refractivity contribution < 1.29 is 4.39 Å².